The number of aromatic nitrogens is 2. The van der Waals surface area contributed by atoms with Gasteiger partial charge in [-0.2, -0.15) is 0 Å². The highest BCUT2D eigenvalue weighted by Gasteiger charge is 2.51. The Bertz CT molecular complexity index is 3150. The van der Waals surface area contributed by atoms with Gasteiger partial charge in [0.05, 0.1) is 21.3 Å². The lowest BCUT2D eigenvalue weighted by Gasteiger charge is -2.39. The predicted octanol–water partition coefficient (Wildman–Crippen LogP) is 13.5. The number of hydrogen-bond donors (Lipinski definition) is 0. The molecule has 3 nitrogen and oxygen atoms in total. The molecule has 0 radical (unpaired) electrons. The summed E-state index contributed by atoms with van der Waals surface area (Å²) in [6.45, 7) is 0. The van der Waals surface area contributed by atoms with Crippen LogP contribution in [0.15, 0.2) is 182 Å². The minimum Gasteiger partial charge on any atom is -0.457 e. The molecule has 0 saturated heterocycles. The molecule has 3 heterocycles. The van der Waals surface area contributed by atoms with Crippen molar-refractivity contribution in [3.8, 4) is 56.4 Å². The largest absolute Gasteiger partial charge is 0.457 e. The van der Waals surface area contributed by atoms with Crippen LogP contribution in [0.5, 0.6) is 11.5 Å². The highest BCUT2D eigenvalue weighted by molar-refractivity contribution is 7.26. The van der Waals surface area contributed by atoms with Gasteiger partial charge in [-0.1, -0.05) is 158 Å². The van der Waals surface area contributed by atoms with Gasteiger partial charge in [-0.05, 0) is 68.4 Å². The van der Waals surface area contributed by atoms with Crippen molar-refractivity contribution in [3.05, 3.63) is 204 Å². The first-order chi connectivity index (χ1) is 27.3. The van der Waals surface area contributed by atoms with Gasteiger partial charge in [-0.15, -0.1) is 11.3 Å². The Balaban J connectivity index is 1.15. The highest BCUT2D eigenvalue weighted by atomic mass is 32.1. The third-order valence-corrected chi connectivity index (χ3v) is 12.8. The molecule has 12 rings (SSSR count). The fourth-order valence-corrected chi connectivity index (χ4v) is 10.4. The smallest absolute Gasteiger partial charge is 0.161 e. The van der Waals surface area contributed by atoms with E-state index < -0.39 is 5.41 Å². The summed E-state index contributed by atoms with van der Waals surface area (Å²) >= 11 is 1.77. The first kappa shape index (κ1) is 30.6. The SMILES string of the molecule is c1ccc(-c2cccc3c(-c4nc(-c5ccc6c(c5)C5(c7ccccc7Oc7ccccc75)c5ccccc5-6)c5sc6ccccc6c5n4)cccc23)cc1. The minimum atomic E-state index is -0.564. The molecular formula is C51H30N2OS. The van der Waals surface area contributed by atoms with Crippen molar-refractivity contribution >= 4 is 42.4 Å². The van der Waals surface area contributed by atoms with E-state index in [-0.39, 0.29) is 0 Å². The average Bonchev–Trinajstić information content (AvgIpc) is 3.77. The van der Waals surface area contributed by atoms with Crippen molar-refractivity contribution in [3.63, 3.8) is 0 Å². The molecular weight excluding hydrogens is 689 g/mol. The maximum Gasteiger partial charge on any atom is 0.161 e. The summed E-state index contributed by atoms with van der Waals surface area (Å²) in [7, 11) is 0. The number of nitrogens with zero attached hydrogens (tertiary/aromatic N) is 2. The molecule has 55 heavy (non-hydrogen) atoms. The monoisotopic (exact) mass is 718 g/mol. The normalized spacial score (nSPS) is 13.4. The van der Waals surface area contributed by atoms with Crippen LogP contribution in [0.25, 0.3) is 76.0 Å². The van der Waals surface area contributed by atoms with Crippen LogP contribution in [-0.2, 0) is 5.41 Å². The first-order valence-corrected chi connectivity index (χ1v) is 19.5. The van der Waals surface area contributed by atoms with Gasteiger partial charge in [0.1, 0.15) is 11.5 Å². The van der Waals surface area contributed by atoms with Crippen LogP contribution < -0.4 is 4.74 Å². The van der Waals surface area contributed by atoms with Crippen molar-refractivity contribution in [2.24, 2.45) is 0 Å². The fourth-order valence-electron chi connectivity index (χ4n) is 9.28. The van der Waals surface area contributed by atoms with Gasteiger partial charge in [0.15, 0.2) is 5.82 Å². The van der Waals surface area contributed by atoms with Crippen LogP contribution in [0.4, 0.5) is 0 Å². The van der Waals surface area contributed by atoms with Gasteiger partial charge in [0.2, 0.25) is 0 Å². The van der Waals surface area contributed by atoms with E-state index in [0.717, 1.165) is 66.3 Å². The van der Waals surface area contributed by atoms with Crippen molar-refractivity contribution < 1.29 is 4.74 Å². The molecule has 2 aromatic heterocycles. The second-order valence-electron chi connectivity index (χ2n) is 14.4. The molecule has 0 atom stereocenters. The van der Waals surface area contributed by atoms with Crippen LogP contribution in [0.2, 0.25) is 0 Å². The summed E-state index contributed by atoms with van der Waals surface area (Å²) in [5, 5.41) is 3.46. The van der Waals surface area contributed by atoms with E-state index in [4.69, 9.17) is 14.7 Å². The first-order valence-electron chi connectivity index (χ1n) is 18.7. The van der Waals surface area contributed by atoms with Gasteiger partial charge in [0.25, 0.3) is 0 Å². The zero-order valence-electron chi connectivity index (χ0n) is 29.5. The number of benzene rings is 8. The van der Waals surface area contributed by atoms with E-state index in [1.54, 1.807) is 11.3 Å². The summed E-state index contributed by atoms with van der Waals surface area (Å²) < 4.78 is 8.91. The molecule has 0 amide bonds. The van der Waals surface area contributed by atoms with Crippen molar-refractivity contribution in [2.75, 3.05) is 0 Å². The number of fused-ring (bicyclic) bond motifs is 13. The summed E-state index contributed by atoms with van der Waals surface area (Å²) in [5.41, 5.74) is 13.1. The number of thiophene rings is 1. The van der Waals surface area contributed by atoms with Gasteiger partial charge >= 0.3 is 0 Å². The number of rotatable bonds is 3. The maximum atomic E-state index is 6.62. The highest BCUT2D eigenvalue weighted by Crippen LogP contribution is 2.62. The molecule has 1 spiro atoms. The second kappa shape index (κ2) is 11.6. The Morgan fingerprint density at radius 2 is 1.02 bits per heavy atom. The van der Waals surface area contributed by atoms with Crippen LogP contribution in [0, 0.1) is 0 Å². The molecule has 1 aliphatic carbocycles. The molecule has 0 N–H and O–H groups in total. The Morgan fingerprint density at radius 3 is 1.82 bits per heavy atom. The summed E-state index contributed by atoms with van der Waals surface area (Å²) in [5.74, 6) is 2.50. The van der Waals surface area contributed by atoms with E-state index in [0.29, 0.717) is 0 Å². The molecule has 0 saturated carbocycles. The van der Waals surface area contributed by atoms with E-state index in [9.17, 15) is 0 Å². The summed E-state index contributed by atoms with van der Waals surface area (Å²) in [6.07, 6.45) is 0. The van der Waals surface area contributed by atoms with Crippen LogP contribution in [-0.4, -0.2) is 9.97 Å². The zero-order chi connectivity index (χ0) is 36.1. The standard InChI is InChI=1S/C51H30N2OS/c1-2-14-31(15-3-1)33-18-12-20-35-34(33)19-13-21-38(35)50-52-47(49-48(53-50)39-17-5-11-27-46(39)55-49)32-28-29-37-36-16-4-6-22-40(36)51(43(37)30-32)41-23-7-9-25-44(41)54-45-26-10-8-24-42(45)51/h1-30H. The topological polar surface area (TPSA) is 35.0 Å². The van der Waals surface area contributed by atoms with Gasteiger partial charge < -0.3 is 4.74 Å². The molecule has 0 fully saturated rings. The molecule has 0 bridgehead atoms. The van der Waals surface area contributed by atoms with Crippen molar-refractivity contribution in [2.45, 2.75) is 5.41 Å². The van der Waals surface area contributed by atoms with Gasteiger partial charge in [-0.3, -0.25) is 0 Å². The molecule has 1 aliphatic heterocycles. The lowest BCUT2D eigenvalue weighted by Crippen LogP contribution is -2.32. The predicted molar refractivity (Wildman–Crippen MR) is 226 cm³/mol. The lowest BCUT2D eigenvalue weighted by molar-refractivity contribution is 0.436. The Labute approximate surface area is 321 Å². The second-order valence-corrected chi connectivity index (χ2v) is 15.4. The maximum absolute atomic E-state index is 6.62. The minimum absolute atomic E-state index is 0.564. The van der Waals surface area contributed by atoms with Crippen LogP contribution in [0.3, 0.4) is 0 Å². The van der Waals surface area contributed by atoms with Crippen LogP contribution in [0.1, 0.15) is 22.3 Å². The molecule has 2 aliphatic rings. The summed E-state index contributed by atoms with van der Waals surface area (Å²) in [6, 6.07) is 65.2. The molecule has 256 valence electrons. The molecule has 0 unspecified atom stereocenters. The van der Waals surface area contributed by atoms with Crippen molar-refractivity contribution in [1.82, 2.24) is 9.97 Å². The van der Waals surface area contributed by atoms with E-state index in [1.165, 1.54) is 43.5 Å². The van der Waals surface area contributed by atoms with Gasteiger partial charge in [-0.25, -0.2) is 9.97 Å². The molecule has 10 aromatic rings. The zero-order valence-corrected chi connectivity index (χ0v) is 30.3. The average molecular weight is 719 g/mol. The third-order valence-electron chi connectivity index (χ3n) is 11.6. The van der Waals surface area contributed by atoms with Crippen LogP contribution >= 0.6 is 11.3 Å². The van der Waals surface area contributed by atoms with E-state index >= 15 is 0 Å². The number of hydrogen-bond acceptors (Lipinski definition) is 4. The van der Waals surface area contributed by atoms with E-state index in [2.05, 4.69) is 182 Å². The molecule has 8 aromatic carbocycles. The fraction of sp³-hybridized carbons (Fsp3) is 0.0196. The summed E-state index contributed by atoms with van der Waals surface area (Å²) in [4.78, 5) is 11.0. The Morgan fingerprint density at radius 1 is 0.418 bits per heavy atom. The lowest BCUT2D eigenvalue weighted by atomic mass is 9.66. The third kappa shape index (κ3) is 4.26. The number of ether oxygens (including phenoxy) is 1. The quantitative estimate of drug-likeness (QED) is 0.182. The molecule has 4 heteroatoms. The van der Waals surface area contributed by atoms with Crippen molar-refractivity contribution in [1.29, 1.82) is 0 Å². The Kier molecular flexibility index (Phi) is 6.42. The number of para-hydroxylation sites is 2. The Hall–Kier alpha value is -6.88. The van der Waals surface area contributed by atoms with E-state index in [1.807, 2.05) is 0 Å². The van der Waals surface area contributed by atoms with Gasteiger partial charge in [0, 0.05) is 32.3 Å².